The van der Waals surface area contributed by atoms with Gasteiger partial charge in [0.05, 0.1) is 0 Å². The number of nitrogens with two attached hydrogens (primary N) is 1. The van der Waals surface area contributed by atoms with Gasteiger partial charge < -0.3 is 5.73 Å². The van der Waals surface area contributed by atoms with Crippen LogP contribution in [-0.4, -0.2) is 5.78 Å². The molecule has 0 saturated carbocycles. The van der Waals surface area contributed by atoms with Crippen molar-refractivity contribution < 1.29 is 4.79 Å². The molecule has 15 heavy (non-hydrogen) atoms. The van der Waals surface area contributed by atoms with Crippen molar-refractivity contribution >= 4 is 11.5 Å². The fourth-order valence-electron chi connectivity index (χ4n) is 1.30. The number of nitrogen functional groups attached to an aromatic ring is 1. The summed E-state index contributed by atoms with van der Waals surface area (Å²) in [5.41, 5.74) is 7.22. The molecule has 0 aliphatic rings. The van der Waals surface area contributed by atoms with Gasteiger partial charge in [-0.05, 0) is 36.1 Å². The lowest BCUT2D eigenvalue weighted by Gasteiger charge is -2.16. The summed E-state index contributed by atoms with van der Waals surface area (Å²) >= 11 is 0. The van der Waals surface area contributed by atoms with Gasteiger partial charge in [-0.3, -0.25) is 4.79 Å². The summed E-state index contributed by atoms with van der Waals surface area (Å²) in [6, 6.07) is 7.12. The Balaban J connectivity index is 2.58. The van der Waals surface area contributed by atoms with Crippen LogP contribution in [0.25, 0.3) is 0 Å². The number of hydrogen-bond acceptors (Lipinski definition) is 2. The summed E-state index contributed by atoms with van der Waals surface area (Å²) in [7, 11) is 0. The summed E-state index contributed by atoms with van der Waals surface area (Å²) in [6.07, 6.45) is 1.52. The van der Waals surface area contributed by atoms with Crippen LogP contribution in [-0.2, 0) is 0 Å². The lowest BCUT2D eigenvalue weighted by atomic mass is 9.88. The molecular formula is C13H19NO. The summed E-state index contributed by atoms with van der Waals surface area (Å²) < 4.78 is 0. The highest BCUT2D eigenvalue weighted by molar-refractivity contribution is 5.96. The van der Waals surface area contributed by atoms with Crippen molar-refractivity contribution in [2.75, 3.05) is 5.73 Å². The van der Waals surface area contributed by atoms with Crippen molar-refractivity contribution in [3.05, 3.63) is 29.8 Å². The third-order valence-corrected chi connectivity index (χ3v) is 2.33. The zero-order valence-corrected chi connectivity index (χ0v) is 9.71. The lowest BCUT2D eigenvalue weighted by Crippen LogP contribution is -2.09. The van der Waals surface area contributed by atoms with Gasteiger partial charge >= 0.3 is 0 Å². The van der Waals surface area contributed by atoms with Crippen LogP contribution in [0.1, 0.15) is 44.0 Å². The molecule has 0 radical (unpaired) electrons. The molecule has 2 heteroatoms. The van der Waals surface area contributed by atoms with Crippen molar-refractivity contribution in [3.63, 3.8) is 0 Å². The van der Waals surface area contributed by atoms with Gasteiger partial charge in [-0.1, -0.05) is 20.8 Å². The van der Waals surface area contributed by atoms with E-state index < -0.39 is 0 Å². The summed E-state index contributed by atoms with van der Waals surface area (Å²) in [6.45, 7) is 6.43. The minimum absolute atomic E-state index is 0.199. The first-order chi connectivity index (χ1) is 6.88. The number of carbonyl (C=O) groups excluding carboxylic acids is 1. The Morgan fingerprint density at radius 3 is 2.20 bits per heavy atom. The second kappa shape index (κ2) is 4.47. The topological polar surface area (TPSA) is 43.1 Å². The Morgan fingerprint density at radius 2 is 1.73 bits per heavy atom. The van der Waals surface area contributed by atoms with E-state index in [1.807, 2.05) is 0 Å². The first-order valence-corrected chi connectivity index (χ1v) is 5.27. The minimum Gasteiger partial charge on any atom is -0.399 e. The van der Waals surface area contributed by atoms with Crippen molar-refractivity contribution in [2.45, 2.75) is 33.6 Å². The standard InChI is InChI=1S/C13H19NO/c1-13(2,3)9-8-12(15)10-4-6-11(14)7-5-10/h4-7H,8-9,14H2,1-3H3. The highest BCUT2D eigenvalue weighted by atomic mass is 16.1. The molecule has 0 spiro atoms. The van der Waals surface area contributed by atoms with Crippen LogP contribution >= 0.6 is 0 Å². The normalized spacial score (nSPS) is 11.4. The van der Waals surface area contributed by atoms with Crippen LogP contribution in [0.15, 0.2) is 24.3 Å². The fourth-order valence-corrected chi connectivity index (χ4v) is 1.30. The van der Waals surface area contributed by atoms with E-state index in [-0.39, 0.29) is 11.2 Å². The molecule has 0 aliphatic heterocycles. The molecule has 0 saturated heterocycles. The van der Waals surface area contributed by atoms with Crippen LogP contribution in [0.3, 0.4) is 0 Å². The Kier molecular flexibility index (Phi) is 3.51. The van der Waals surface area contributed by atoms with Crippen molar-refractivity contribution in [3.8, 4) is 0 Å². The van der Waals surface area contributed by atoms with Crippen molar-refractivity contribution in [1.29, 1.82) is 0 Å². The van der Waals surface area contributed by atoms with E-state index in [0.29, 0.717) is 12.1 Å². The van der Waals surface area contributed by atoms with E-state index in [2.05, 4.69) is 20.8 Å². The van der Waals surface area contributed by atoms with Gasteiger partial charge in [-0.2, -0.15) is 0 Å². The molecule has 0 bridgehead atoms. The van der Waals surface area contributed by atoms with E-state index in [4.69, 9.17) is 5.73 Å². The van der Waals surface area contributed by atoms with Gasteiger partial charge in [-0.15, -0.1) is 0 Å². The van der Waals surface area contributed by atoms with Crippen LogP contribution in [0.5, 0.6) is 0 Å². The van der Waals surface area contributed by atoms with Gasteiger partial charge in [-0.25, -0.2) is 0 Å². The number of rotatable bonds is 3. The zero-order valence-electron chi connectivity index (χ0n) is 9.71. The lowest BCUT2D eigenvalue weighted by molar-refractivity contribution is 0.0966. The van der Waals surface area contributed by atoms with E-state index in [9.17, 15) is 4.79 Å². The Morgan fingerprint density at radius 1 is 1.20 bits per heavy atom. The molecule has 0 aromatic heterocycles. The van der Waals surface area contributed by atoms with Crippen LogP contribution in [0.2, 0.25) is 0 Å². The molecular weight excluding hydrogens is 186 g/mol. The predicted octanol–water partition coefficient (Wildman–Crippen LogP) is 3.28. The molecule has 0 fully saturated rings. The summed E-state index contributed by atoms with van der Waals surface area (Å²) in [5.74, 6) is 0.199. The van der Waals surface area contributed by atoms with Crippen molar-refractivity contribution in [1.82, 2.24) is 0 Å². The van der Waals surface area contributed by atoms with E-state index in [1.54, 1.807) is 24.3 Å². The molecule has 1 aromatic rings. The highest BCUT2D eigenvalue weighted by Gasteiger charge is 2.13. The zero-order chi connectivity index (χ0) is 11.5. The molecule has 0 aliphatic carbocycles. The molecule has 82 valence electrons. The molecule has 0 amide bonds. The Hall–Kier alpha value is -1.31. The second-order valence-electron chi connectivity index (χ2n) is 5.11. The van der Waals surface area contributed by atoms with Crippen LogP contribution < -0.4 is 5.73 Å². The van der Waals surface area contributed by atoms with E-state index in [0.717, 1.165) is 12.0 Å². The SMILES string of the molecule is CC(C)(C)CCC(=O)c1ccc(N)cc1. The Bertz CT molecular complexity index is 333. The molecule has 2 N–H and O–H groups in total. The molecule has 0 unspecified atom stereocenters. The van der Waals surface area contributed by atoms with E-state index >= 15 is 0 Å². The van der Waals surface area contributed by atoms with Gasteiger partial charge in [0.1, 0.15) is 0 Å². The molecule has 1 aromatic carbocycles. The average molecular weight is 205 g/mol. The molecule has 0 heterocycles. The number of Topliss-reactive ketones (excluding diaryl/α,β-unsaturated/α-hetero) is 1. The first kappa shape index (κ1) is 11.8. The molecule has 1 rings (SSSR count). The highest BCUT2D eigenvalue weighted by Crippen LogP contribution is 2.22. The fraction of sp³-hybridized carbons (Fsp3) is 0.462. The monoisotopic (exact) mass is 205 g/mol. The smallest absolute Gasteiger partial charge is 0.162 e. The third kappa shape index (κ3) is 4.15. The third-order valence-electron chi connectivity index (χ3n) is 2.33. The maximum atomic E-state index is 11.8. The Labute approximate surface area is 91.5 Å². The van der Waals surface area contributed by atoms with Gasteiger partial charge in [0, 0.05) is 17.7 Å². The summed E-state index contributed by atoms with van der Waals surface area (Å²) in [5, 5.41) is 0. The van der Waals surface area contributed by atoms with Gasteiger partial charge in [0.25, 0.3) is 0 Å². The van der Waals surface area contributed by atoms with E-state index in [1.165, 1.54) is 0 Å². The number of hydrogen-bond donors (Lipinski definition) is 1. The van der Waals surface area contributed by atoms with Crippen molar-refractivity contribution in [2.24, 2.45) is 5.41 Å². The number of ketones is 1. The largest absolute Gasteiger partial charge is 0.399 e. The average Bonchev–Trinajstić information content (AvgIpc) is 2.14. The predicted molar refractivity (Wildman–Crippen MR) is 63.9 cm³/mol. The quantitative estimate of drug-likeness (QED) is 0.608. The second-order valence-corrected chi connectivity index (χ2v) is 5.11. The number of anilines is 1. The molecule has 0 atom stereocenters. The van der Waals surface area contributed by atoms with Gasteiger partial charge in [0.2, 0.25) is 0 Å². The molecule has 2 nitrogen and oxygen atoms in total. The maximum absolute atomic E-state index is 11.8. The van der Waals surface area contributed by atoms with Gasteiger partial charge in [0.15, 0.2) is 5.78 Å². The minimum atomic E-state index is 0.199. The maximum Gasteiger partial charge on any atom is 0.162 e. The number of carbonyl (C=O) groups is 1. The summed E-state index contributed by atoms with van der Waals surface area (Å²) in [4.78, 5) is 11.8. The van der Waals surface area contributed by atoms with Crippen LogP contribution in [0, 0.1) is 5.41 Å². The number of benzene rings is 1. The first-order valence-electron chi connectivity index (χ1n) is 5.27. The van der Waals surface area contributed by atoms with Crippen LogP contribution in [0.4, 0.5) is 5.69 Å².